The Bertz CT molecular complexity index is 1410. The maximum atomic E-state index is 12.7. The summed E-state index contributed by atoms with van der Waals surface area (Å²) in [5, 5.41) is 13.5. The van der Waals surface area contributed by atoms with Crippen LogP contribution in [0.25, 0.3) is 23.2 Å². The molecule has 0 saturated heterocycles. The maximum absolute atomic E-state index is 12.7. The lowest BCUT2D eigenvalue weighted by Gasteiger charge is -2.10. The molecule has 1 aromatic carbocycles. The number of ether oxygens (including phenoxy) is 2. The fourth-order valence-electron chi connectivity index (χ4n) is 3.64. The van der Waals surface area contributed by atoms with Crippen LogP contribution in [-0.4, -0.2) is 32.8 Å². The zero-order valence-electron chi connectivity index (χ0n) is 19.7. The Balaban J connectivity index is 1.53. The SMILES string of the molecule is COc1ccc(-n2c(C)cc(/C=C(\C#N)C(=O)OC(C)c3nc(-c4cccnc4)no3)c2C)cc1. The first-order chi connectivity index (χ1) is 16.9. The smallest absolute Gasteiger partial charge is 0.349 e. The van der Waals surface area contributed by atoms with Crippen molar-refractivity contribution in [1.82, 2.24) is 19.7 Å². The van der Waals surface area contributed by atoms with E-state index in [1.807, 2.05) is 54.8 Å². The van der Waals surface area contributed by atoms with Gasteiger partial charge < -0.3 is 18.6 Å². The van der Waals surface area contributed by atoms with Crippen LogP contribution in [0.5, 0.6) is 5.75 Å². The van der Waals surface area contributed by atoms with Crippen molar-refractivity contribution >= 4 is 12.0 Å². The number of esters is 1. The molecule has 4 aromatic rings. The van der Waals surface area contributed by atoms with E-state index < -0.39 is 12.1 Å². The highest BCUT2D eigenvalue weighted by molar-refractivity contribution is 5.98. The highest BCUT2D eigenvalue weighted by atomic mass is 16.6. The first-order valence-electron chi connectivity index (χ1n) is 10.8. The van der Waals surface area contributed by atoms with E-state index in [1.165, 1.54) is 6.08 Å². The second kappa shape index (κ2) is 10.1. The minimum absolute atomic E-state index is 0.118. The lowest BCUT2D eigenvalue weighted by Crippen LogP contribution is -2.11. The first kappa shape index (κ1) is 23.4. The number of hydrogen-bond donors (Lipinski definition) is 0. The summed E-state index contributed by atoms with van der Waals surface area (Å²) in [6.45, 7) is 5.48. The molecule has 0 aliphatic carbocycles. The van der Waals surface area contributed by atoms with E-state index in [1.54, 1.807) is 38.6 Å². The molecule has 0 amide bonds. The van der Waals surface area contributed by atoms with Crippen molar-refractivity contribution in [3.63, 3.8) is 0 Å². The van der Waals surface area contributed by atoms with Crippen LogP contribution < -0.4 is 4.74 Å². The van der Waals surface area contributed by atoms with Crippen molar-refractivity contribution in [1.29, 1.82) is 5.26 Å². The van der Waals surface area contributed by atoms with E-state index in [9.17, 15) is 10.1 Å². The van der Waals surface area contributed by atoms with Gasteiger partial charge in [-0.15, -0.1) is 0 Å². The van der Waals surface area contributed by atoms with Crippen LogP contribution in [0.15, 0.2) is 65.0 Å². The Morgan fingerprint density at radius 1 is 1.23 bits per heavy atom. The zero-order chi connectivity index (χ0) is 24.9. The summed E-state index contributed by atoms with van der Waals surface area (Å²) in [5.41, 5.74) is 4.03. The molecule has 9 heteroatoms. The van der Waals surface area contributed by atoms with Crippen molar-refractivity contribution in [3.8, 4) is 28.9 Å². The Kier molecular flexibility index (Phi) is 6.73. The van der Waals surface area contributed by atoms with Gasteiger partial charge in [0.05, 0.1) is 7.11 Å². The number of nitriles is 1. The zero-order valence-corrected chi connectivity index (χ0v) is 19.7. The Morgan fingerprint density at radius 2 is 2.00 bits per heavy atom. The molecular formula is C26H23N5O4. The molecule has 3 aromatic heterocycles. The quantitative estimate of drug-likeness (QED) is 0.216. The molecule has 9 nitrogen and oxygen atoms in total. The van der Waals surface area contributed by atoms with E-state index in [4.69, 9.17) is 14.0 Å². The van der Waals surface area contributed by atoms with Crippen molar-refractivity contribution in [2.24, 2.45) is 0 Å². The van der Waals surface area contributed by atoms with Gasteiger partial charge in [0.15, 0.2) is 6.10 Å². The summed E-state index contributed by atoms with van der Waals surface area (Å²) >= 11 is 0. The number of nitrogens with zero attached hydrogens (tertiary/aromatic N) is 5. The van der Waals surface area contributed by atoms with Crippen LogP contribution >= 0.6 is 0 Å². The Morgan fingerprint density at radius 3 is 2.66 bits per heavy atom. The van der Waals surface area contributed by atoms with Gasteiger partial charge in [0.1, 0.15) is 17.4 Å². The second-order valence-corrected chi connectivity index (χ2v) is 7.78. The molecule has 0 fully saturated rings. The van der Waals surface area contributed by atoms with E-state index >= 15 is 0 Å². The average Bonchev–Trinajstić information content (AvgIpc) is 3.48. The number of rotatable bonds is 7. The fourth-order valence-corrected chi connectivity index (χ4v) is 3.64. The van der Waals surface area contributed by atoms with Crippen molar-refractivity contribution < 1.29 is 18.8 Å². The minimum atomic E-state index is -0.844. The van der Waals surface area contributed by atoms with Crippen molar-refractivity contribution in [2.75, 3.05) is 7.11 Å². The van der Waals surface area contributed by atoms with Crippen LogP contribution in [0.4, 0.5) is 0 Å². The molecule has 1 atom stereocenters. The van der Waals surface area contributed by atoms with Gasteiger partial charge >= 0.3 is 5.97 Å². The summed E-state index contributed by atoms with van der Waals surface area (Å²) in [4.78, 5) is 21.0. The highest BCUT2D eigenvalue weighted by Gasteiger charge is 2.22. The van der Waals surface area contributed by atoms with Gasteiger partial charge in [-0.2, -0.15) is 10.2 Å². The third kappa shape index (κ3) is 4.96. The molecule has 3 heterocycles. The normalized spacial score (nSPS) is 12.1. The second-order valence-electron chi connectivity index (χ2n) is 7.78. The molecule has 0 saturated carbocycles. The number of benzene rings is 1. The lowest BCUT2D eigenvalue weighted by atomic mass is 10.1. The molecule has 0 aliphatic heterocycles. The summed E-state index contributed by atoms with van der Waals surface area (Å²) in [6.07, 6.45) is 3.92. The van der Waals surface area contributed by atoms with Gasteiger partial charge in [-0.25, -0.2) is 4.79 Å². The summed E-state index contributed by atoms with van der Waals surface area (Å²) in [7, 11) is 1.62. The maximum Gasteiger partial charge on any atom is 0.349 e. The third-order valence-electron chi connectivity index (χ3n) is 5.43. The van der Waals surface area contributed by atoms with Crippen LogP contribution in [0.1, 0.15) is 35.9 Å². The van der Waals surface area contributed by atoms with Crippen LogP contribution in [0.3, 0.4) is 0 Å². The van der Waals surface area contributed by atoms with Crippen molar-refractivity contribution in [3.05, 3.63) is 83.3 Å². The van der Waals surface area contributed by atoms with E-state index in [0.717, 1.165) is 28.4 Å². The topological polar surface area (TPSA) is 116 Å². The number of hydrogen-bond acceptors (Lipinski definition) is 8. The summed E-state index contributed by atoms with van der Waals surface area (Å²) in [6, 6.07) is 15.0. The van der Waals surface area contributed by atoms with Crippen LogP contribution in [-0.2, 0) is 9.53 Å². The van der Waals surface area contributed by atoms with Crippen LogP contribution in [0.2, 0.25) is 0 Å². The Labute approximate surface area is 202 Å². The van der Waals surface area contributed by atoms with Gasteiger partial charge in [-0.1, -0.05) is 5.16 Å². The predicted molar refractivity (Wildman–Crippen MR) is 127 cm³/mol. The molecular weight excluding hydrogens is 446 g/mol. The van der Waals surface area contributed by atoms with Gasteiger partial charge in [-0.05, 0) is 74.9 Å². The van der Waals surface area contributed by atoms with Crippen LogP contribution in [0, 0.1) is 25.2 Å². The monoisotopic (exact) mass is 469 g/mol. The Hall–Kier alpha value is -4.71. The van der Waals surface area contributed by atoms with E-state index in [0.29, 0.717) is 11.4 Å². The number of pyridine rings is 1. The third-order valence-corrected chi connectivity index (χ3v) is 5.43. The number of aryl methyl sites for hydroxylation is 1. The highest BCUT2D eigenvalue weighted by Crippen LogP contribution is 2.25. The summed E-state index contributed by atoms with van der Waals surface area (Å²) < 4.78 is 17.9. The molecule has 35 heavy (non-hydrogen) atoms. The fraction of sp³-hybridized carbons (Fsp3) is 0.192. The molecule has 0 N–H and O–H groups in total. The number of carbonyl (C=O) groups excluding carboxylic acids is 1. The molecule has 0 spiro atoms. The summed E-state index contributed by atoms with van der Waals surface area (Å²) in [5.74, 6) is 0.425. The molecule has 1 unspecified atom stereocenters. The molecule has 0 aliphatic rings. The lowest BCUT2D eigenvalue weighted by molar-refractivity contribution is -0.144. The van der Waals surface area contributed by atoms with E-state index in [-0.39, 0.29) is 11.5 Å². The predicted octanol–water partition coefficient (Wildman–Crippen LogP) is 4.76. The average molecular weight is 470 g/mol. The van der Waals surface area contributed by atoms with E-state index in [2.05, 4.69) is 15.1 Å². The van der Waals surface area contributed by atoms with Gasteiger partial charge in [-0.3, -0.25) is 4.98 Å². The van der Waals surface area contributed by atoms with Gasteiger partial charge in [0, 0.05) is 35.0 Å². The molecule has 0 radical (unpaired) electrons. The largest absolute Gasteiger partial charge is 0.497 e. The first-order valence-corrected chi connectivity index (χ1v) is 10.8. The van der Waals surface area contributed by atoms with Gasteiger partial charge in [0.2, 0.25) is 5.82 Å². The van der Waals surface area contributed by atoms with Gasteiger partial charge in [0.25, 0.3) is 5.89 Å². The minimum Gasteiger partial charge on any atom is -0.497 e. The van der Waals surface area contributed by atoms with Crippen molar-refractivity contribution in [2.45, 2.75) is 26.9 Å². The molecule has 176 valence electrons. The molecule has 0 bridgehead atoms. The standard InChI is InChI=1S/C26H23N5O4/c1-16-12-20(17(2)31(16)22-7-9-23(33-4)10-8-22)13-21(14-27)26(32)34-18(3)25-29-24(30-35-25)19-6-5-11-28-15-19/h5-13,15,18H,1-4H3/b21-13+. The number of carbonyl (C=O) groups is 1. The number of methoxy groups -OCH3 is 1. The number of aromatic nitrogens is 4. The molecule has 4 rings (SSSR count).